The fourth-order valence-corrected chi connectivity index (χ4v) is 1.71. The van der Waals surface area contributed by atoms with Crippen molar-refractivity contribution in [2.75, 3.05) is 6.61 Å². The Morgan fingerprint density at radius 1 is 1.45 bits per heavy atom. The van der Waals surface area contributed by atoms with Crippen molar-refractivity contribution >= 4 is 5.91 Å². The van der Waals surface area contributed by atoms with Gasteiger partial charge in [0.25, 0.3) is 5.91 Å². The first-order valence-corrected chi connectivity index (χ1v) is 6.20. The zero-order valence-corrected chi connectivity index (χ0v) is 11.1. The van der Waals surface area contributed by atoms with E-state index in [1.807, 2.05) is 6.92 Å². The molecular weight excluding hydrogens is 254 g/mol. The molecule has 0 radical (unpaired) electrons. The van der Waals surface area contributed by atoms with Crippen molar-refractivity contribution in [1.82, 2.24) is 15.3 Å². The number of hydrogen-bond acceptors (Lipinski definition) is 3. The number of nitrogens with zero attached hydrogens (tertiary/aromatic N) is 1. The van der Waals surface area contributed by atoms with E-state index in [1.54, 1.807) is 36.7 Å². The van der Waals surface area contributed by atoms with Gasteiger partial charge in [0.1, 0.15) is 12.4 Å². The molecule has 1 aromatic heterocycles. The number of rotatable bonds is 3. The van der Waals surface area contributed by atoms with Crippen LogP contribution in [0.1, 0.15) is 34.7 Å². The number of benzene rings is 1. The average molecular weight is 269 g/mol. The van der Waals surface area contributed by atoms with Gasteiger partial charge in [-0.15, -0.1) is 0 Å². The highest BCUT2D eigenvalue weighted by atomic mass is 16.2. The van der Waals surface area contributed by atoms with E-state index < -0.39 is 0 Å². The van der Waals surface area contributed by atoms with Gasteiger partial charge in [0.15, 0.2) is 0 Å². The largest absolute Gasteiger partial charge is 0.384 e. The minimum atomic E-state index is -0.189. The Bertz CT molecular complexity index is 621. The lowest BCUT2D eigenvalue weighted by Crippen LogP contribution is -2.27. The Morgan fingerprint density at radius 3 is 2.80 bits per heavy atom. The van der Waals surface area contributed by atoms with Gasteiger partial charge in [-0.25, -0.2) is 4.98 Å². The maximum Gasteiger partial charge on any atom is 0.251 e. The lowest BCUT2D eigenvalue weighted by molar-refractivity contribution is 0.0938. The maximum atomic E-state index is 12.0. The summed E-state index contributed by atoms with van der Waals surface area (Å²) >= 11 is 0. The van der Waals surface area contributed by atoms with Crippen molar-refractivity contribution in [2.24, 2.45) is 0 Å². The number of aliphatic hydroxyl groups is 1. The van der Waals surface area contributed by atoms with Crippen LogP contribution in [0.3, 0.4) is 0 Å². The van der Waals surface area contributed by atoms with Crippen molar-refractivity contribution in [1.29, 1.82) is 0 Å². The molecule has 0 bridgehead atoms. The molecule has 0 spiro atoms. The van der Waals surface area contributed by atoms with Gasteiger partial charge < -0.3 is 15.4 Å². The van der Waals surface area contributed by atoms with Crippen molar-refractivity contribution in [3.8, 4) is 11.8 Å². The smallest absolute Gasteiger partial charge is 0.251 e. The monoisotopic (exact) mass is 269 g/mol. The number of hydrogen-bond donors (Lipinski definition) is 3. The third-order valence-corrected chi connectivity index (χ3v) is 2.74. The SMILES string of the molecule is CC(NC(=O)c1ccc(C#CCO)cc1)c1ncc[nH]1. The minimum Gasteiger partial charge on any atom is -0.384 e. The first-order valence-electron chi connectivity index (χ1n) is 6.20. The van der Waals surface area contributed by atoms with Crippen LogP contribution in [-0.4, -0.2) is 27.6 Å². The van der Waals surface area contributed by atoms with E-state index in [-0.39, 0.29) is 18.6 Å². The number of carbonyl (C=O) groups excluding carboxylic acids is 1. The molecule has 20 heavy (non-hydrogen) atoms. The number of aromatic nitrogens is 2. The second-order valence-electron chi connectivity index (χ2n) is 4.21. The highest BCUT2D eigenvalue weighted by Crippen LogP contribution is 2.08. The molecule has 0 fully saturated rings. The Hall–Kier alpha value is -2.58. The van der Waals surface area contributed by atoms with Crippen molar-refractivity contribution in [3.05, 3.63) is 53.6 Å². The van der Waals surface area contributed by atoms with Gasteiger partial charge in [0.2, 0.25) is 0 Å². The number of aliphatic hydroxyl groups excluding tert-OH is 1. The lowest BCUT2D eigenvalue weighted by atomic mass is 10.1. The standard InChI is InChI=1S/C15H15N3O2/c1-11(14-16-8-9-17-14)18-15(20)13-6-4-12(5-7-13)3-2-10-19/h4-9,11,19H,10H2,1H3,(H,16,17)(H,18,20). The summed E-state index contributed by atoms with van der Waals surface area (Å²) in [5, 5.41) is 11.5. The van der Waals surface area contributed by atoms with Crippen LogP contribution in [0.5, 0.6) is 0 Å². The second-order valence-corrected chi connectivity index (χ2v) is 4.21. The summed E-state index contributed by atoms with van der Waals surface area (Å²) in [6, 6.07) is 6.70. The van der Waals surface area contributed by atoms with Crippen LogP contribution in [0.25, 0.3) is 0 Å². The average Bonchev–Trinajstić information content (AvgIpc) is 3.00. The number of H-pyrrole nitrogens is 1. The van der Waals surface area contributed by atoms with Crippen LogP contribution in [0, 0.1) is 11.8 Å². The summed E-state index contributed by atoms with van der Waals surface area (Å²) in [4.78, 5) is 19.1. The first-order chi connectivity index (χ1) is 9.70. The number of amides is 1. The van der Waals surface area contributed by atoms with Crippen molar-refractivity contribution in [3.63, 3.8) is 0 Å². The maximum absolute atomic E-state index is 12.0. The van der Waals surface area contributed by atoms with Crippen molar-refractivity contribution < 1.29 is 9.90 Å². The molecule has 2 aromatic rings. The Labute approximate surface area is 117 Å². The van der Waals surface area contributed by atoms with Crippen LogP contribution in [0.15, 0.2) is 36.7 Å². The third-order valence-electron chi connectivity index (χ3n) is 2.74. The molecule has 2 rings (SSSR count). The molecule has 1 amide bonds. The van der Waals surface area contributed by atoms with Gasteiger partial charge in [0, 0.05) is 23.5 Å². The number of aromatic amines is 1. The topological polar surface area (TPSA) is 78.0 Å². The summed E-state index contributed by atoms with van der Waals surface area (Å²) in [6.45, 7) is 1.68. The highest BCUT2D eigenvalue weighted by molar-refractivity contribution is 5.94. The zero-order chi connectivity index (χ0) is 14.4. The Kier molecular flexibility index (Phi) is 4.53. The Morgan fingerprint density at radius 2 is 2.20 bits per heavy atom. The number of carbonyl (C=O) groups is 1. The minimum absolute atomic E-state index is 0.171. The fraction of sp³-hybridized carbons (Fsp3) is 0.200. The molecule has 0 saturated carbocycles. The number of imidazole rings is 1. The van der Waals surface area contributed by atoms with Crippen LogP contribution in [0.4, 0.5) is 0 Å². The van der Waals surface area contributed by atoms with Gasteiger partial charge in [-0.3, -0.25) is 4.79 Å². The van der Waals surface area contributed by atoms with Gasteiger partial charge in [-0.1, -0.05) is 11.8 Å². The van der Waals surface area contributed by atoms with Gasteiger partial charge in [-0.05, 0) is 31.2 Å². The summed E-state index contributed by atoms with van der Waals surface area (Å²) < 4.78 is 0. The van der Waals surface area contributed by atoms with E-state index in [0.717, 1.165) is 5.56 Å². The van der Waals surface area contributed by atoms with Crippen LogP contribution < -0.4 is 5.32 Å². The quantitative estimate of drug-likeness (QED) is 0.734. The van der Waals surface area contributed by atoms with Gasteiger partial charge >= 0.3 is 0 Å². The van der Waals surface area contributed by atoms with Crippen LogP contribution in [0.2, 0.25) is 0 Å². The predicted octanol–water partition coefficient (Wildman–Crippen LogP) is 1.24. The van der Waals surface area contributed by atoms with Gasteiger partial charge in [0.05, 0.1) is 6.04 Å². The van der Waals surface area contributed by atoms with Crippen molar-refractivity contribution in [2.45, 2.75) is 13.0 Å². The summed E-state index contributed by atoms with van der Waals surface area (Å²) in [6.07, 6.45) is 3.36. The molecule has 1 unspecified atom stereocenters. The van der Waals surface area contributed by atoms with E-state index in [4.69, 9.17) is 5.11 Å². The first kappa shape index (κ1) is 13.8. The highest BCUT2D eigenvalue weighted by Gasteiger charge is 2.12. The van der Waals surface area contributed by atoms with E-state index in [0.29, 0.717) is 11.4 Å². The van der Waals surface area contributed by atoms with E-state index >= 15 is 0 Å². The van der Waals surface area contributed by atoms with Crippen LogP contribution in [-0.2, 0) is 0 Å². The van der Waals surface area contributed by atoms with E-state index in [2.05, 4.69) is 27.1 Å². The normalized spacial score (nSPS) is 11.3. The summed E-state index contributed by atoms with van der Waals surface area (Å²) in [5.41, 5.74) is 1.31. The lowest BCUT2D eigenvalue weighted by Gasteiger charge is -2.11. The van der Waals surface area contributed by atoms with E-state index in [9.17, 15) is 4.79 Å². The zero-order valence-electron chi connectivity index (χ0n) is 11.1. The molecular formula is C15H15N3O2. The third kappa shape index (κ3) is 3.46. The predicted molar refractivity (Wildman–Crippen MR) is 74.9 cm³/mol. The summed E-state index contributed by atoms with van der Waals surface area (Å²) in [7, 11) is 0. The molecule has 0 aliphatic heterocycles. The molecule has 1 heterocycles. The molecule has 1 atom stereocenters. The number of nitrogens with one attached hydrogen (secondary N) is 2. The molecule has 0 saturated heterocycles. The molecule has 1 aromatic carbocycles. The molecule has 5 heteroatoms. The molecule has 5 nitrogen and oxygen atoms in total. The fourth-order valence-electron chi connectivity index (χ4n) is 1.71. The van der Waals surface area contributed by atoms with Crippen LogP contribution >= 0.6 is 0 Å². The molecule has 3 N–H and O–H groups in total. The Balaban J connectivity index is 2.02. The van der Waals surface area contributed by atoms with E-state index in [1.165, 1.54) is 0 Å². The molecule has 102 valence electrons. The molecule has 0 aliphatic rings. The molecule has 0 aliphatic carbocycles. The second kappa shape index (κ2) is 6.55. The van der Waals surface area contributed by atoms with Gasteiger partial charge in [-0.2, -0.15) is 0 Å². The summed E-state index contributed by atoms with van der Waals surface area (Å²) in [5.74, 6) is 5.87.